The van der Waals surface area contributed by atoms with E-state index < -0.39 is 31.8 Å². The number of halogens is 1. The van der Waals surface area contributed by atoms with Crippen molar-refractivity contribution in [1.82, 2.24) is 8.96 Å². The first-order chi connectivity index (χ1) is 16.5. The average Bonchev–Trinajstić information content (AvgIpc) is 3.18. The molecule has 2 heterocycles. The molecule has 0 radical (unpaired) electrons. The van der Waals surface area contributed by atoms with E-state index in [1.165, 1.54) is 48.8 Å². The summed E-state index contributed by atoms with van der Waals surface area (Å²) in [7, 11) is -7.43. The molecule has 0 saturated carbocycles. The Balaban J connectivity index is 1.79. The van der Waals surface area contributed by atoms with Crippen LogP contribution in [0.4, 0.5) is 15.0 Å². The standard InChI is InChI=1S/C23H20FN3O6S2/c1-34(30,31)12-11-26(23(28)29)22-10-7-16(14-25-22)20-15-27(21-13-17(24)8-9-19(20)21)35(32,33)18-5-3-2-4-6-18/h2-10,13-15H,11-12H2,1H3,(H,28,29). The maximum absolute atomic E-state index is 14.1. The number of amides is 1. The van der Waals surface area contributed by atoms with Crippen molar-refractivity contribution >= 4 is 42.7 Å². The summed E-state index contributed by atoms with van der Waals surface area (Å²) in [6.07, 6.45) is 2.35. The second kappa shape index (κ2) is 9.12. The molecule has 0 atom stereocenters. The monoisotopic (exact) mass is 517 g/mol. The summed E-state index contributed by atoms with van der Waals surface area (Å²) < 4.78 is 64.5. The van der Waals surface area contributed by atoms with Crippen LogP contribution < -0.4 is 4.90 Å². The molecule has 0 bridgehead atoms. The Morgan fingerprint density at radius 2 is 1.77 bits per heavy atom. The van der Waals surface area contributed by atoms with E-state index >= 15 is 0 Å². The van der Waals surface area contributed by atoms with Gasteiger partial charge in [-0.2, -0.15) is 0 Å². The first-order valence-electron chi connectivity index (χ1n) is 10.2. The van der Waals surface area contributed by atoms with Crippen molar-refractivity contribution in [2.24, 2.45) is 0 Å². The van der Waals surface area contributed by atoms with Gasteiger partial charge < -0.3 is 5.11 Å². The SMILES string of the molecule is CS(=O)(=O)CCN(C(=O)O)c1ccc(-c2cn(S(=O)(=O)c3ccccc3)c3cc(F)ccc23)cn1. The van der Waals surface area contributed by atoms with E-state index in [2.05, 4.69) is 4.98 Å². The van der Waals surface area contributed by atoms with Crippen LogP contribution in [0.15, 0.2) is 78.0 Å². The molecule has 0 saturated heterocycles. The highest BCUT2D eigenvalue weighted by atomic mass is 32.2. The van der Waals surface area contributed by atoms with Crippen molar-refractivity contribution in [2.75, 3.05) is 23.5 Å². The van der Waals surface area contributed by atoms with Gasteiger partial charge in [0.15, 0.2) is 0 Å². The van der Waals surface area contributed by atoms with Gasteiger partial charge >= 0.3 is 6.09 Å². The molecule has 182 valence electrons. The number of benzene rings is 2. The summed E-state index contributed by atoms with van der Waals surface area (Å²) in [5.41, 5.74) is 1.03. The molecule has 35 heavy (non-hydrogen) atoms. The van der Waals surface area contributed by atoms with Crippen LogP contribution >= 0.6 is 0 Å². The third kappa shape index (κ3) is 5.03. The summed E-state index contributed by atoms with van der Waals surface area (Å²) in [5.74, 6) is -0.973. The van der Waals surface area contributed by atoms with Crippen molar-refractivity contribution in [2.45, 2.75) is 4.90 Å². The molecular weight excluding hydrogens is 497 g/mol. The first kappa shape index (κ1) is 24.4. The van der Waals surface area contributed by atoms with Crippen LogP contribution in [0.5, 0.6) is 0 Å². The van der Waals surface area contributed by atoms with Gasteiger partial charge in [0.05, 0.1) is 16.2 Å². The topological polar surface area (TPSA) is 127 Å². The van der Waals surface area contributed by atoms with Crippen LogP contribution in [0.3, 0.4) is 0 Å². The van der Waals surface area contributed by atoms with E-state index in [0.717, 1.165) is 21.2 Å². The molecule has 12 heteroatoms. The second-order valence-corrected chi connectivity index (χ2v) is 11.9. The summed E-state index contributed by atoms with van der Waals surface area (Å²) >= 11 is 0. The van der Waals surface area contributed by atoms with Crippen molar-refractivity contribution in [1.29, 1.82) is 0 Å². The van der Waals surface area contributed by atoms with E-state index in [4.69, 9.17) is 0 Å². The highest BCUT2D eigenvalue weighted by Gasteiger charge is 2.23. The van der Waals surface area contributed by atoms with Crippen LogP contribution in [-0.2, 0) is 19.9 Å². The van der Waals surface area contributed by atoms with Crippen LogP contribution in [-0.4, -0.2) is 55.5 Å². The summed E-state index contributed by atoms with van der Waals surface area (Å²) in [6, 6.07) is 14.5. The molecule has 0 aliphatic carbocycles. The highest BCUT2D eigenvalue weighted by molar-refractivity contribution is 7.90. The largest absolute Gasteiger partial charge is 0.465 e. The average molecular weight is 518 g/mol. The third-order valence-corrected chi connectivity index (χ3v) is 7.90. The minimum Gasteiger partial charge on any atom is -0.465 e. The van der Waals surface area contributed by atoms with Gasteiger partial charge in [-0.1, -0.05) is 18.2 Å². The zero-order valence-electron chi connectivity index (χ0n) is 18.4. The zero-order valence-corrected chi connectivity index (χ0v) is 20.0. The first-order valence-corrected chi connectivity index (χ1v) is 13.7. The van der Waals surface area contributed by atoms with Gasteiger partial charge in [0.2, 0.25) is 0 Å². The molecule has 1 N–H and O–H groups in total. The van der Waals surface area contributed by atoms with Gasteiger partial charge in [0, 0.05) is 41.7 Å². The van der Waals surface area contributed by atoms with E-state index in [-0.39, 0.29) is 28.5 Å². The van der Waals surface area contributed by atoms with E-state index in [9.17, 15) is 31.1 Å². The molecule has 0 spiro atoms. The molecule has 2 aromatic heterocycles. The number of rotatable bonds is 7. The maximum Gasteiger partial charge on any atom is 0.413 e. The molecule has 0 fully saturated rings. The minimum atomic E-state index is -4.04. The molecule has 9 nitrogen and oxygen atoms in total. The fourth-order valence-electron chi connectivity index (χ4n) is 3.58. The minimum absolute atomic E-state index is 0.0107. The molecule has 0 aliphatic rings. The van der Waals surface area contributed by atoms with Crippen LogP contribution in [0.1, 0.15) is 0 Å². The van der Waals surface area contributed by atoms with E-state index in [1.54, 1.807) is 18.2 Å². The molecule has 2 aromatic carbocycles. The number of carboxylic acid groups (broad SMARTS) is 1. The van der Waals surface area contributed by atoms with Crippen LogP contribution in [0.25, 0.3) is 22.0 Å². The van der Waals surface area contributed by atoms with Gasteiger partial charge in [-0.05, 0) is 42.5 Å². The summed E-state index contributed by atoms with van der Waals surface area (Å²) in [6.45, 7) is -0.297. The van der Waals surface area contributed by atoms with Gasteiger partial charge in [0.1, 0.15) is 21.5 Å². The van der Waals surface area contributed by atoms with Crippen molar-refractivity contribution in [3.8, 4) is 11.1 Å². The van der Waals surface area contributed by atoms with E-state index in [0.29, 0.717) is 16.5 Å². The normalized spacial score (nSPS) is 12.1. The van der Waals surface area contributed by atoms with Crippen LogP contribution in [0, 0.1) is 5.82 Å². The van der Waals surface area contributed by atoms with E-state index in [1.807, 2.05) is 0 Å². The summed E-state index contributed by atoms with van der Waals surface area (Å²) in [5, 5.41) is 9.92. The number of fused-ring (bicyclic) bond motifs is 1. The number of aromatic nitrogens is 2. The van der Waals surface area contributed by atoms with Gasteiger partial charge in [-0.3, -0.25) is 4.90 Å². The lowest BCUT2D eigenvalue weighted by Gasteiger charge is -2.17. The predicted octanol–water partition coefficient (Wildman–Crippen LogP) is 3.61. The van der Waals surface area contributed by atoms with Gasteiger partial charge in [0.25, 0.3) is 10.0 Å². The number of nitrogens with zero attached hydrogens (tertiary/aromatic N) is 3. The number of hydrogen-bond acceptors (Lipinski definition) is 6. The Labute approximate surface area is 201 Å². The lowest BCUT2D eigenvalue weighted by atomic mass is 10.1. The van der Waals surface area contributed by atoms with Gasteiger partial charge in [-0.15, -0.1) is 0 Å². The second-order valence-electron chi connectivity index (χ2n) is 7.79. The summed E-state index contributed by atoms with van der Waals surface area (Å²) in [4.78, 5) is 16.6. The van der Waals surface area contributed by atoms with Crippen molar-refractivity contribution in [3.05, 3.63) is 78.9 Å². The maximum atomic E-state index is 14.1. The number of hydrogen-bond donors (Lipinski definition) is 1. The number of anilines is 1. The Morgan fingerprint density at radius 1 is 1.06 bits per heavy atom. The zero-order chi connectivity index (χ0) is 25.4. The lowest BCUT2D eigenvalue weighted by Crippen LogP contribution is -2.34. The lowest BCUT2D eigenvalue weighted by molar-refractivity contribution is 0.202. The third-order valence-electron chi connectivity index (χ3n) is 5.29. The molecule has 4 rings (SSSR count). The Bertz CT molecular complexity index is 1620. The van der Waals surface area contributed by atoms with Crippen molar-refractivity contribution in [3.63, 3.8) is 0 Å². The van der Waals surface area contributed by atoms with Crippen molar-refractivity contribution < 1.29 is 31.1 Å². The molecular formula is C23H20FN3O6S2. The van der Waals surface area contributed by atoms with Crippen LogP contribution in [0.2, 0.25) is 0 Å². The van der Waals surface area contributed by atoms with Gasteiger partial charge in [-0.25, -0.2) is 35.0 Å². The smallest absolute Gasteiger partial charge is 0.413 e. The number of carbonyl (C=O) groups is 1. The Morgan fingerprint density at radius 3 is 2.37 bits per heavy atom. The fourth-order valence-corrected chi connectivity index (χ4v) is 5.47. The quantitative estimate of drug-likeness (QED) is 0.397. The number of pyridine rings is 1. The highest BCUT2D eigenvalue weighted by Crippen LogP contribution is 2.34. The Hall–Kier alpha value is -3.77. The molecule has 0 aliphatic heterocycles. The molecule has 1 amide bonds. The molecule has 4 aromatic rings. The Kier molecular flexibility index (Phi) is 6.34. The predicted molar refractivity (Wildman–Crippen MR) is 129 cm³/mol. The molecule has 0 unspecified atom stereocenters. The number of sulfone groups is 1. The fraction of sp³-hybridized carbons (Fsp3) is 0.130.